The molecule has 0 bridgehead atoms. The molecule has 0 aliphatic carbocycles. The van der Waals surface area contributed by atoms with Gasteiger partial charge in [-0.3, -0.25) is 0 Å². The van der Waals surface area contributed by atoms with E-state index < -0.39 is 0 Å². The highest BCUT2D eigenvalue weighted by molar-refractivity contribution is 7.26. The first kappa shape index (κ1) is 28.8. The van der Waals surface area contributed by atoms with Crippen molar-refractivity contribution in [1.29, 1.82) is 0 Å². The van der Waals surface area contributed by atoms with E-state index in [0.717, 1.165) is 25.0 Å². The van der Waals surface area contributed by atoms with Crippen molar-refractivity contribution in [3.63, 3.8) is 0 Å². The molecular weight excluding hydrogens is 651 g/mol. The first-order chi connectivity index (χ1) is 25.6. The molecule has 2 unspecified atom stereocenters. The van der Waals surface area contributed by atoms with Crippen molar-refractivity contribution in [2.24, 2.45) is 0 Å². The number of hydrogen-bond donors (Lipinski definition) is 0. The summed E-state index contributed by atoms with van der Waals surface area (Å²) in [7, 11) is 0. The molecule has 0 spiro atoms. The second-order valence-electron chi connectivity index (χ2n) is 15.0. The molecule has 0 radical (unpaired) electrons. The first-order valence-electron chi connectivity index (χ1n) is 18.5. The van der Waals surface area contributed by atoms with Crippen LogP contribution in [0, 0.1) is 6.92 Å². The highest BCUT2D eigenvalue weighted by atomic mass is 32.1. The fourth-order valence-corrected chi connectivity index (χ4v) is 11.2. The van der Waals surface area contributed by atoms with Crippen molar-refractivity contribution in [3.8, 4) is 22.5 Å². The number of para-hydroxylation sites is 1. The zero-order chi connectivity index (χ0) is 34.2. The summed E-state index contributed by atoms with van der Waals surface area (Å²) in [5.41, 5.74) is 14.4. The number of thiophene rings is 1. The maximum atomic E-state index is 4.82. The monoisotopic (exact) mass is 685 g/mol. The van der Waals surface area contributed by atoms with Crippen molar-refractivity contribution in [2.75, 3.05) is 0 Å². The van der Waals surface area contributed by atoms with Crippen LogP contribution >= 0.6 is 11.3 Å². The summed E-state index contributed by atoms with van der Waals surface area (Å²) >= 11 is 1.90. The van der Waals surface area contributed by atoms with Crippen LogP contribution in [-0.2, 0) is 6.42 Å². The average molecular weight is 686 g/mol. The fourth-order valence-electron chi connectivity index (χ4n) is 10.1. The first-order valence-corrected chi connectivity index (χ1v) is 19.3. The normalized spacial score (nSPS) is 17.1. The summed E-state index contributed by atoms with van der Waals surface area (Å²) in [6.45, 7) is 7.02. The summed E-state index contributed by atoms with van der Waals surface area (Å²) in [4.78, 5) is 0. The molecule has 2 atom stereocenters. The standard InChI is InChI=1S/C48H35N3S/c1-28-17-21-41-38-26-39-35-14-9-13-34-36-20-22-45-46(37-12-5-6-16-44(37)52-45)48(36)51(47(34)35)43(39)25-30(38)18-19-33-31-10-3-4-11-32(31)40-15-7-8-23-49(40)42(33)24-29(2)50(41)27-28/h3-17,20-23,25-27,33,42H,2,18-19,24H2,1H3/q+2. The molecule has 4 heteroatoms. The number of aryl methyl sites for hydroxylation is 2. The van der Waals surface area contributed by atoms with Gasteiger partial charge in [-0.1, -0.05) is 60.7 Å². The molecule has 3 nitrogen and oxygen atoms in total. The van der Waals surface area contributed by atoms with Crippen molar-refractivity contribution in [1.82, 2.24) is 4.40 Å². The summed E-state index contributed by atoms with van der Waals surface area (Å²) in [5.74, 6) is 0.356. The van der Waals surface area contributed by atoms with Gasteiger partial charge in [-0.05, 0) is 79.9 Å². The van der Waals surface area contributed by atoms with Gasteiger partial charge in [0.15, 0.2) is 24.1 Å². The minimum Gasteiger partial charge on any atom is -0.307 e. The van der Waals surface area contributed by atoms with Gasteiger partial charge in [0.25, 0.3) is 0 Å². The van der Waals surface area contributed by atoms with Crippen LogP contribution in [0.2, 0.25) is 0 Å². The van der Waals surface area contributed by atoms with Gasteiger partial charge in [0.05, 0.1) is 28.5 Å². The van der Waals surface area contributed by atoms with E-state index in [1.54, 1.807) is 0 Å². The predicted molar refractivity (Wildman–Crippen MR) is 216 cm³/mol. The van der Waals surface area contributed by atoms with Crippen LogP contribution in [0.5, 0.6) is 0 Å². The van der Waals surface area contributed by atoms with Gasteiger partial charge in [0.1, 0.15) is 0 Å². The summed E-state index contributed by atoms with van der Waals surface area (Å²) < 4.78 is 10.2. The van der Waals surface area contributed by atoms with Gasteiger partial charge in [-0.2, -0.15) is 9.13 Å². The zero-order valence-electron chi connectivity index (χ0n) is 28.9. The van der Waals surface area contributed by atoms with Gasteiger partial charge in [0, 0.05) is 77.0 Å². The summed E-state index contributed by atoms with van der Waals surface area (Å²) in [6, 6.07) is 46.2. The molecule has 12 rings (SSSR count). The van der Waals surface area contributed by atoms with Crippen molar-refractivity contribution >= 4 is 75.3 Å². The van der Waals surface area contributed by atoms with E-state index in [1.807, 2.05) is 11.3 Å². The van der Waals surface area contributed by atoms with E-state index >= 15 is 0 Å². The third-order valence-corrected chi connectivity index (χ3v) is 13.4. The molecule has 0 fully saturated rings. The van der Waals surface area contributed by atoms with Gasteiger partial charge < -0.3 is 4.40 Å². The fraction of sp³-hybridized carbons (Fsp3) is 0.125. The quantitative estimate of drug-likeness (QED) is 0.141. The molecule has 2 aliphatic rings. The van der Waals surface area contributed by atoms with Crippen LogP contribution in [0.25, 0.3) is 86.5 Å². The maximum absolute atomic E-state index is 4.82. The Hall–Kier alpha value is -5.84. The number of allylic oxidation sites excluding steroid dienone is 1. The Morgan fingerprint density at radius 1 is 0.692 bits per heavy atom. The number of benzene rings is 5. The Morgan fingerprint density at radius 2 is 1.50 bits per heavy atom. The lowest BCUT2D eigenvalue weighted by atomic mass is 9.77. The highest BCUT2D eigenvalue weighted by Crippen LogP contribution is 2.48. The Bertz CT molecular complexity index is 3160. The molecule has 7 heterocycles. The van der Waals surface area contributed by atoms with Crippen LogP contribution in [0.15, 0.2) is 140 Å². The lowest BCUT2D eigenvalue weighted by Gasteiger charge is -2.31. The van der Waals surface area contributed by atoms with Gasteiger partial charge in [-0.15, -0.1) is 11.3 Å². The zero-order valence-corrected chi connectivity index (χ0v) is 29.8. The van der Waals surface area contributed by atoms with E-state index in [9.17, 15) is 0 Å². The van der Waals surface area contributed by atoms with E-state index in [4.69, 9.17) is 6.58 Å². The second kappa shape index (κ2) is 10.4. The van der Waals surface area contributed by atoms with Crippen LogP contribution in [0.1, 0.15) is 41.5 Å². The highest BCUT2D eigenvalue weighted by Gasteiger charge is 2.42. The molecule has 0 saturated carbocycles. The molecule has 52 heavy (non-hydrogen) atoms. The topological polar surface area (TPSA) is 12.2 Å². The Morgan fingerprint density at radius 3 is 2.44 bits per heavy atom. The molecule has 0 N–H and O–H groups in total. The molecule has 5 aromatic carbocycles. The lowest BCUT2D eigenvalue weighted by molar-refractivity contribution is -0.720. The number of nitrogens with zero attached hydrogens (tertiary/aromatic N) is 3. The molecular formula is C48H35N3S+2. The predicted octanol–water partition coefficient (Wildman–Crippen LogP) is 11.6. The van der Waals surface area contributed by atoms with Crippen LogP contribution in [0.4, 0.5) is 0 Å². The van der Waals surface area contributed by atoms with E-state index in [1.165, 1.54) is 97.5 Å². The lowest BCUT2D eigenvalue weighted by Crippen LogP contribution is -2.49. The van der Waals surface area contributed by atoms with E-state index in [0.29, 0.717) is 5.92 Å². The Labute approximate surface area is 305 Å². The van der Waals surface area contributed by atoms with Gasteiger partial charge in [-0.25, -0.2) is 0 Å². The largest absolute Gasteiger partial charge is 0.307 e. The molecule has 0 amide bonds. The molecule has 10 aromatic rings. The van der Waals surface area contributed by atoms with Crippen molar-refractivity contribution in [3.05, 3.63) is 157 Å². The van der Waals surface area contributed by atoms with Crippen LogP contribution in [-0.4, -0.2) is 4.40 Å². The second-order valence-corrected chi connectivity index (χ2v) is 16.1. The smallest absolute Gasteiger partial charge is 0.218 e. The van der Waals surface area contributed by atoms with E-state index in [-0.39, 0.29) is 6.04 Å². The summed E-state index contributed by atoms with van der Waals surface area (Å²) in [6.07, 6.45) is 7.51. The Kier molecular flexibility index (Phi) is 5.75. The number of fused-ring (bicyclic) bond motifs is 19. The number of hydrogen-bond acceptors (Lipinski definition) is 1. The molecule has 5 aromatic heterocycles. The minimum absolute atomic E-state index is 0.271. The SMILES string of the molecule is C=C1CC2C(CCc3cc4c(cc3-c3ccc(C)c[n+]31)c1cccc3c5ccc6sc7ccccc7c6c5n4c13)c1ccccc1-c1cccc[n+]12. The number of pyridine rings is 2. The van der Waals surface area contributed by atoms with Crippen LogP contribution in [0.3, 0.4) is 0 Å². The number of rotatable bonds is 0. The van der Waals surface area contributed by atoms with Crippen molar-refractivity contribution in [2.45, 2.75) is 38.1 Å². The third kappa shape index (κ3) is 3.75. The van der Waals surface area contributed by atoms with Crippen LogP contribution < -0.4 is 9.13 Å². The van der Waals surface area contributed by atoms with Gasteiger partial charge >= 0.3 is 0 Å². The van der Waals surface area contributed by atoms with E-state index in [2.05, 4.69) is 154 Å². The molecule has 0 saturated heterocycles. The average Bonchev–Trinajstić information content (AvgIpc) is 3.83. The van der Waals surface area contributed by atoms with Crippen molar-refractivity contribution < 1.29 is 9.13 Å². The third-order valence-electron chi connectivity index (χ3n) is 12.3. The Balaban J connectivity index is 1.17. The van der Waals surface area contributed by atoms with Gasteiger partial charge in [0.2, 0.25) is 11.4 Å². The maximum Gasteiger partial charge on any atom is 0.218 e. The molecule has 2 aliphatic heterocycles. The molecule has 246 valence electrons. The summed E-state index contributed by atoms with van der Waals surface area (Å²) in [5, 5.41) is 8.03. The minimum atomic E-state index is 0.271. The number of aromatic nitrogens is 3.